The van der Waals surface area contributed by atoms with Crippen LogP contribution >= 0.6 is 0 Å². The van der Waals surface area contributed by atoms with Crippen LogP contribution in [0.5, 0.6) is 0 Å². The smallest absolute Gasteiger partial charge is 0.267 e. The Kier molecular flexibility index (Phi) is 5.56. The fourth-order valence-electron chi connectivity index (χ4n) is 2.05. The molecule has 0 radical (unpaired) electrons. The van der Waals surface area contributed by atoms with Gasteiger partial charge in [-0.3, -0.25) is 4.79 Å². The Hall–Kier alpha value is -1.56. The van der Waals surface area contributed by atoms with Crippen molar-refractivity contribution in [3.63, 3.8) is 0 Å². The molecule has 0 unspecified atom stereocenters. The first-order valence-corrected chi connectivity index (χ1v) is 6.59. The van der Waals surface area contributed by atoms with Crippen LogP contribution in [0, 0.1) is 5.82 Å². The van der Waals surface area contributed by atoms with Gasteiger partial charge in [0.1, 0.15) is 5.82 Å². The van der Waals surface area contributed by atoms with Crippen LogP contribution in [0.2, 0.25) is 0 Å². The molecule has 0 atom stereocenters. The van der Waals surface area contributed by atoms with Gasteiger partial charge in [-0.1, -0.05) is 26.0 Å². The second-order valence-electron chi connectivity index (χ2n) is 4.31. The van der Waals surface area contributed by atoms with Crippen LogP contribution in [0.25, 0.3) is 0 Å². The largest absolute Gasteiger partial charge is 0.332 e. The van der Waals surface area contributed by atoms with E-state index in [1.165, 1.54) is 12.1 Å². The summed E-state index contributed by atoms with van der Waals surface area (Å²) in [7, 11) is 0. The Morgan fingerprint density at radius 2 is 2.10 bits per heavy atom. The number of halogens is 3. The molecule has 114 valence electrons. The molecule has 1 fully saturated rings. The molecule has 0 aromatic heterocycles. The molecule has 6 heteroatoms. The highest BCUT2D eigenvalue weighted by Crippen LogP contribution is 2.28. The minimum atomic E-state index is -2.89. The number of amides is 1. The summed E-state index contributed by atoms with van der Waals surface area (Å²) in [6, 6.07) is 4.08. The van der Waals surface area contributed by atoms with Crippen molar-refractivity contribution in [3.05, 3.63) is 35.1 Å². The Labute approximate surface area is 118 Å². The number of rotatable bonds is 2. The number of carbonyl (C=O) groups is 1. The Balaban J connectivity index is 0.00000128. The van der Waals surface area contributed by atoms with E-state index in [1.54, 1.807) is 0 Å². The molecule has 1 amide bonds. The fraction of sp³-hybridized carbons (Fsp3) is 0.500. The highest BCUT2D eigenvalue weighted by molar-refractivity contribution is 5.96. The summed E-state index contributed by atoms with van der Waals surface area (Å²) >= 11 is 0. The SMILES string of the molecule is CC.NCc1cccc(F)c1C(=O)N1CCC(F)(F)C1.[HH]. The normalized spacial score (nSPS) is 16.6. The lowest BCUT2D eigenvalue weighted by atomic mass is 10.1. The maximum atomic E-state index is 13.6. The molecule has 0 spiro atoms. The Morgan fingerprint density at radius 3 is 2.60 bits per heavy atom. The van der Waals surface area contributed by atoms with E-state index >= 15 is 0 Å². The summed E-state index contributed by atoms with van der Waals surface area (Å²) in [5, 5.41) is 0. The fourth-order valence-corrected chi connectivity index (χ4v) is 2.05. The maximum Gasteiger partial charge on any atom is 0.267 e. The first-order chi connectivity index (χ1) is 9.44. The molecule has 2 rings (SSSR count). The zero-order chi connectivity index (χ0) is 15.3. The van der Waals surface area contributed by atoms with E-state index in [2.05, 4.69) is 0 Å². The summed E-state index contributed by atoms with van der Waals surface area (Å²) in [5.41, 5.74) is 5.56. The van der Waals surface area contributed by atoms with E-state index in [-0.39, 0.29) is 26.5 Å². The van der Waals surface area contributed by atoms with Crippen molar-refractivity contribution in [2.75, 3.05) is 13.1 Å². The molecule has 3 nitrogen and oxygen atoms in total. The molecule has 0 aliphatic carbocycles. The molecular formula is C14H21F3N2O. The van der Waals surface area contributed by atoms with Gasteiger partial charge >= 0.3 is 0 Å². The summed E-state index contributed by atoms with van der Waals surface area (Å²) < 4.78 is 39.7. The van der Waals surface area contributed by atoms with Crippen LogP contribution in [-0.4, -0.2) is 29.8 Å². The van der Waals surface area contributed by atoms with Crippen molar-refractivity contribution in [2.24, 2.45) is 5.73 Å². The lowest BCUT2D eigenvalue weighted by molar-refractivity contribution is 0.0119. The predicted molar refractivity (Wildman–Crippen MR) is 73.2 cm³/mol. The molecular weight excluding hydrogens is 269 g/mol. The third-order valence-corrected chi connectivity index (χ3v) is 2.99. The number of alkyl halides is 2. The second kappa shape index (κ2) is 6.74. The van der Waals surface area contributed by atoms with Gasteiger partial charge in [-0.15, -0.1) is 0 Å². The van der Waals surface area contributed by atoms with Crippen molar-refractivity contribution in [3.8, 4) is 0 Å². The molecule has 1 heterocycles. The number of hydrogen-bond acceptors (Lipinski definition) is 2. The zero-order valence-corrected chi connectivity index (χ0v) is 11.6. The van der Waals surface area contributed by atoms with E-state index in [0.717, 1.165) is 11.0 Å². The quantitative estimate of drug-likeness (QED) is 0.910. The van der Waals surface area contributed by atoms with Gasteiger partial charge < -0.3 is 10.6 Å². The number of carbonyl (C=O) groups excluding carboxylic acids is 1. The van der Waals surface area contributed by atoms with Crippen LogP contribution < -0.4 is 5.73 Å². The molecule has 1 aliphatic heterocycles. The summed E-state index contributed by atoms with van der Waals surface area (Å²) in [6.45, 7) is 3.26. The van der Waals surface area contributed by atoms with Crippen LogP contribution in [-0.2, 0) is 6.54 Å². The van der Waals surface area contributed by atoms with Crippen molar-refractivity contribution < 1.29 is 19.4 Å². The van der Waals surface area contributed by atoms with Crippen LogP contribution in [0.1, 0.15) is 37.6 Å². The average Bonchev–Trinajstić information content (AvgIpc) is 2.80. The van der Waals surface area contributed by atoms with E-state index in [1.807, 2.05) is 13.8 Å². The van der Waals surface area contributed by atoms with E-state index in [4.69, 9.17) is 5.73 Å². The second-order valence-corrected chi connectivity index (χ2v) is 4.31. The van der Waals surface area contributed by atoms with Crippen molar-refractivity contribution in [1.82, 2.24) is 4.90 Å². The molecule has 20 heavy (non-hydrogen) atoms. The predicted octanol–water partition coefficient (Wildman–Crippen LogP) is 3.04. The van der Waals surface area contributed by atoms with E-state index in [0.29, 0.717) is 5.56 Å². The monoisotopic (exact) mass is 290 g/mol. The van der Waals surface area contributed by atoms with Crippen LogP contribution in [0.4, 0.5) is 13.2 Å². The number of hydrogen-bond donors (Lipinski definition) is 1. The minimum absolute atomic E-state index is 0. The van der Waals surface area contributed by atoms with Crippen molar-refractivity contribution >= 4 is 5.91 Å². The van der Waals surface area contributed by atoms with Gasteiger partial charge in [0.05, 0.1) is 12.1 Å². The van der Waals surface area contributed by atoms with Crippen LogP contribution in [0.15, 0.2) is 18.2 Å². The van der Waals surface area contributed by atoms with Crippen molar-refractivity contribution in [2.45, 2.75) is 32.7 Å². The molecule has 1 saturated heterocycles. The van der Waals surface area contributed by atoms with Gasteiger partial charge in [0.15, 0.2) is 0 Å². The van der Waals surface area contributed by atoms with Gasteiger partial charge in [-0.05, 0) is 11.6 Å². The highest BCUT2D eigenvalue weighted by atomic mass is 19.3. The molecule has 2 N–H and O–H groups in total. The molecule has 1 aromatic carbocycles. The first kappa shape index (κ1) is 16.5. The summed E-state index contributed by atoms with van der Waals surface area (Å²) in [6.07, 6.45) is -0.384. The van der Waals surface area contributed by atoms with Gasteiger partial charge in [-0.25, -0.2) is 13.2 Å². The summed E-state index contributed by atoms with van der Waals surface area (Å²) in [4.78, 5) is 13.0. The van der Waals surface area contributed by atoms with Crippen molar-refractivity contribution in [1.29, 1.82) is 0 Å². The first-order valence-electron chi connectivity index (χ1n) is 6.59. The lowest BCUT2D eigenvalue weighted by Crippen LogP contribution is -2.32. The van der Waals surface area contributed by atoms with Gasteiger partial charge in [0, 0.05) is 20.9 Å². The molecule has 0 saturated carbocycles. The third kappa shape index (κ3) is 3.50. The maximum absolute atomic E-state index is 13.6. The lowest BCUT2D eigenvalue weighted by Gasteiger charge is -2.18. The Bertz CT molecular complexity index is 483. The topological polar surface area (TPSA) is 46.3 Å². The average molecular weight is 290 g/mol. The van der Waals surface area contributed by atoms with Gasteiger partial charge in [0.25, 0.3) is 11.8 Å². The summed E-state index contributed by atoms with van der Waals surface area (Å²) in [5.74, 6) is -4.33. The number of likely N-dealkylation sites (tertiary alicyclic amines) is 1. The van der Waals surface area contributed by atoms with E-state index in [9.17, 15) is 18.0 Å². The third-order valence-electron chi connectivity index (χ3n) is 2.99. The number of benzene rings is 1. The minimum Gasteiger partial charge on any atom is -0.332 e. The van der Waals surface area contributed by atoms with Gasteiger partial charge in [-0.2, -0.15) is 0 Å². The van der Waals surface area contributed by atoms with Gasteiger partial charge in [0.2, 0.25) is 0 Å². The number of nitrogens with two attached hydrogens (primary N) is 1. The highest BCUT2D eigenvalue weighted by Gasteiger charge is 2.41. The van der Waals surface area contributed by atoms with Crippen LogP contribution in [0.3, 0.4) is 0 Å². The zero-order valence-electron chi connectivity index (χ0n) is 11.6. The molecule has 1 aromatic rings. The number of nitrogens with zero attached hydrogens (tertiary/aromatic N) is 1. The molecule has 0 bridgehead atoms. The standard InChI is InChI=1S/C12H13F3N2O.C2H6.H2/c13-9-3-1-2-8(6-16)10(9)11(18)17-5-4-12(14,15)7-17;1-2;/h1-3H,4-7,16H2;1-2H3;1H. The molecule has 1 aliphatic rings. The van der Waals surface area contributed by atoms with E-state index < -0.39 is 24.2 Å². The Morgan fingerprint density at radius 1 is 1.45 bits per heavy atom.